The van der Waals surface area contributed by atoms with Gasteiger partial charge in [-0.2, -0.15) is 10.5 Å². The van der Waals surface area contributed by atoms with Gasteiger partial charge >= 0.3 is 11.9 Å². The van der Waals surface area contributed by atoms with Crippen molar-refractivity contribution in [2.45, 2.75) is 39.5 Å². The van der Waals surface area contributed by atoms with E-state index in [1.807, 2.05) is 105 Å². The van der Waals surface area contributed by atoms with Crippen molar-refractivity contribution in [1.29, 1.82) is 10.5 Å². The first-order valence-electron chi connectivity index (χ1n) is 13.6. The molecule has 0 heterocycles. The number of unbranched alkanes of at least 4 members (excludes halogenated alkanes) is 2. The second kappa shape index (κ2) is 16.1. The SMILES string of the molecule is CCCCOC(=O)/C(C#N)=C/c1ccc(N(c2ccccc2)c2ccc(/C=C(\C#N)C(=O)OCCCC)cc2)cc1. The van der Waals surface area contributed by atoms with Crippen LogP contribution in [0.3, 0.4) is 0 Å². The lowest BCUT2D eigenvalue weighted by Gasteiger charge is -2.25. The molecule has 3 rings (SSSR count). The first kappa shape index (κ1) is 30.4. The number of hydrogen-bond acceptors (Lipinski definition) is 7. The Morgan fingerprint density at radius 2 is 1.05 bits per heavy atom. The fourth-order valence-electron chi connectivity index (χ4n) is 3.84. The third kappa shape index (κ3) is 8.95. The van der Waals surface area contributed by atoms with Gasteiger partial charge in [-0.1, -0.05) is 69.2 Å². The Balaban J connectivity index is 1.87. The molecule has 0 fully saturated rings. The van der Waals surface area contributed by atoms with E-state index >= 15 is 0 Å². The maximum absolute atomic E-state index is 12.2. The lowest BCUT2D eigenvalue weighted by Crippen LogP contribution is -2.10. The molecule has 0 aromatic heterocycles. The molecule has 7 heteroatoms. The fourth-order valence-corrected chi connectivity index (χ4v) is 3.84. The monoisotopic (exact) mass is 547 g/mol. The molecule has 0 aliphatic heterocycles. The number of hydrogen-bond donors (Lipinski definition) is 0. The number of rotatable bonds is 13. The molecule has 41 heavy (non-hydrogen) atoms. The summed E-state index contributed by atoms with van der Waals surface area (Å²) < 4.78 is 10.4. The minimum atomic E-state index is -0.626. The molecule has 0 aliphatic rings. The highest BCUT2D eigenvalue weighted by Gasteiger charge is 2.15. The van der Waals surface area contributed by atoms with Crippen LogP contribution in [-0.2, 0) is 19.1 Å². The quantitative estimate of drug-likeness (QED) is 0.0936. The predicted molar refractivity (Wildman–Crippen MR) is 160 cm³/mol. The minimum absolute atomic E-state index is 0.0524. The number of nitrogens with zero attached hydrogens (tertiary/aromatic N) is 3. The Bertz CT molecular complexity index is 1350. The number of para-hydroxylation sites is 1. The van der Waals surface area contributed by atoms with Gasteiger partial charge in [-0.15, -0.1) is 0 Å². The Labute approximate surface area is 241 Å². The zero-order chi connectivity index (χ0) is 29.5. The number of nitriles is 2. The van der Waals surface area contributed by atoms with Gasteiger partial charge in [0.15, 0.2) is 0 Å². The van der Waals surface area contributed by atoms with Crippen molar-refractivity contribution in [2.75, 3.05) is 18.1 Å². The number of ether oxygens (including phenoxy) is 2. The van der Waals surface area contributed by atoms with Crippen molar-refractivity contribution < 1.29 is 19.1 Å². The van der Waals surface area contributed by atoms with Gasteiger partial charge in [0.05, 0.1) is 13.2 Å². The van der Waals surface area contributed by atoms with Gasteiger partial charge in [-0.25, -0.2) is 9.59 Å². The topological polar surface area (TPSA) is 103 Å². The predicted octanol–water partition coefficient (Wildman–Crippen LogP) is 7.66. The molecule has 0 saturated heterocycles. The maximum Gasteiger partial charge on any atom is 0.348 e. The first-order valence-corrected chi connectivity index (χ1v) is 13.6. The average Bonchev–Trinajstić information content (AvgIpc) is 3.01. The second-order valence-electron chi connectivity index (χ2n) is 9.17. The second-order valence-corrected chi connectivity index (χ2v) is 9.17. The van der Waals surface area contributed by atoms with Crippen LogP contribution in [0, 0.1) is 22.7 Å². The van der Waals surface area contributed by atoms with Gasteiger partial charge in [0.1, 0.15) is 23.3 Å². The van der Waals surface area contributed by atoms with Crippen LogP contribution in [0.2, 0.25) is 0 Å². The van der Waals surface area contributed by atoms with Crippen molar-refractivity contribution >= 4 is 41.2 Å². The molecule has 0 spiro atoms. The van der Waals surface area contributed by atoms with E-state index in [0.717, 1.165) is 42.7 Å². The normalized spacial score (nSPS) is 11.2. The summed E-state index contributed by atoms with van der Waals surface area (Å²) in [6, 6.07) is 28.6. The summed E-state index contributed by atoms with van der Waals surface area (Å²) in [5, 5.41) is 18.9. The van der Waals surface area contributed by atoms with E-state index in [9.17, 15) is 20.1 Å². The van der Waals surface area contributed by atoms with Crippen LogP contribution in [0.25, 0.3) is 12.2 Å². The highest BCUT2D eigenvalue weighted by Crippen LogP contribution is 2.34. The molecule has 0 amide bonds. The van der Waals surface area contributed by atoms with Gasteiger partial charge in [0, 0.05) is 17.1 Å². The van der Waals surface area contributed by atoms with Crippen LogP contribution in [0.15, 0.2) is 90.0 Å². The van der Waals surface area contributed by atoms with Crippen molar-refractivity contribution in [2.24, 2.45) is 0 Å². The highest BCUT2D eigenvalue weighted by atomic mass is 16.5. The molecular formula is C34H33N3O4. The molecule has 208 valence electrons. The maximum atomic E-state index is 12.2. The van der Waals surface area contributed by atoms with Gasteiger partial charge in [-0.3, -0.25) is 0 Å². The van der Waals surface area contributed by atoms with Gasteiger partial charge in [0.2, 0.25) is 0 Å². The van der Waals surface area contributed by atoms with Crippen LogP contribution in [0.1, 0.15) is 50.7 Å². The van der Waals surface area contributed by atoms with Gasteiger partial charge < -0.3 is 14.4 Å². The Morgan fingerprint density at radius 3 is 1.41 bits per heavy atom. The summed E-state index contributed by atoms with van der Waals surface area (Å²) >= 11 is 0. The smallest absolute Gasteiger partial charge is 0.348 e. The number of esters is 2. The molecule has 0 aliphatic carbocycles. The van der Waals surface area contributed by atoms with E-state index in [4.69, 9.17) is 9.47 Å². The molecule has 0 atom stereocenters. The zero-order valence-electron chi connectivity index (χ0n) is 23.4. The van der Waals surface area contributed by atoms with Crippen LogP contribution >= 0.6 is 0 Å². The molecule has 0 bridgehead atoms. The van der Waals surface area contributed by atoms with Crippen LogP contribution in [-0.4, -0.2) is 25.2 Å². The van der Waals surface area contributed by atoms with Crippen LogP contribution in [0.5, 0.6) is 0 Å². The number of carbonyl (C=O) groups is 2. The summed E-state index contributed by atoms with van der Waals surface area (Å²) in [6.45, 7) is 4.57. The number of benzene rings is 3. The molecule has 0 saturated carbocycles. The third-order valence-corrected chi connectivity index (χ3v) is 6.08. The van der Waals surface area contributed by atoms with Gasteiger partial charge in [0.25, 0.3) is 0 Å². The number of carbonyl (C=O) groups excluding carboxylic acids is 2. The minimum Gasteiger partial charge on any atom is -0.462 e. The van der Waals surface area contributed by atoms with E-state index < -0.39 is 11.9 Å². The molecule has 3 aromatic carbocycles. The molecular weight excluding hydrogens is 514 g/mol. The van der Waals surface area contributed by atoms with E-state index in [0.29, 0.717) is 11.1 Å². The molecule has 3 aromatic rings. The van der Waals surface area contributed by atoms with Crippen molar-refractivity contribution in [1.82, 2.24) is 0 Å². The van der Waals surface area contributed by atoms with Crippen molar-refractivity contribution in [3.8, 4) is 12.1 Å². The Hall–Kier alpha value is -5.14. The first-order chi connectivity index (χ1) is 20.0. The van der Waals surface area contributed by atoms with E-state index in [1.165, 1.54) is 12.2 Å². The van der Waals surface area contributed by atoms with Gasteiger partial charge in [-0.05, 0) is 72.5 Å². The summed E-state index contributed by atoms with van der Waals surface area (Å²) in [5.74, 6) is -1.25. The van der Waals surface area contributed by atoms with Crippen molar-refractivity contribution in [3.05, 3.63) is 101 Å². The summed E-state index contributed by atoms with van der Waals surface area (Å²) in [6.07, 6.45) is 6.32. The molecule has 7 nitrogen and oxygen atoms in total. The third-order valence-electron chi connectivity index (χ3n) is 6.08. The Morgan fingerprint density at radius 1 is 0.659 bits per heavy atom. The van der Waals surface area contributed by atoms with Crippen LogP contribution in [0.4, 0.5) is 17.1 Å². The standard InChI is InChI=1S/C34H33N3O4/c1-3-5-20-40-33(38)28(24-35)22-26-12-16-31(17-13-26)37(30-10-8-7-9-11-30)32-18-14-27(15-19-32)23-29(25-36)34(39)41-21-6-4-2/h7-19,22-23H,3-6,20-21H2,1-2H3/b28-22+,29-23+. The fraction of sp³-hybridized carbons (Fsp3) is 0.235. The lowest BCUT2D eigenvalue weighted by atomic mass is 10.1. The summed E-state index contributed by atoms with van der Waals surface area (Å²) in [7, 11) is 0. The van der Waals surface area contributed by atoms with E-state index in [1.54, 1.807) is 0 Å². The van der Waals surface area contributed by atoms with E-state index in [-0.39, 0.29) is 24.4 Å². The lowest BCUT2D eigenvalue weighted by molar-refractivity contribution is -0.139. The number of anilines is 3. The van der Waals surface area contributed by atoms with Crippen LogP contribution < -0.4 is 4.90 Å². The zero-order valence-corrected chi connectivity index (χ0v) is 23.4. The molecule has 0 radical (unpaired) electrons. The largest absolute Gasteiger partial charge is 0.462 e. The van der Waals surface area contributed by atoms with E-state index in [2.05, 4.69) is 4.90 Å². The highest BCUT2D eigenvalue weighted by molar-refractivity contribution is 5.98. The van der Waals surface area contributed by atoms with Crippen molar-refractivity contribution in [3.63, 3.8) is 0 Å². The Kier molecular flexibility index (Phi) is 11.9. The molecule has 0 unspecified atom stereocenters. The molecule has 0 N–H and O–H groups in total. The summed E-state index contributed by atoms with van der Waals surface area (Å²) in [5.41, 5.74) is 3.93. The average molecular weight is 548 g/mol. The summed E-state index contributed by atoms with van der Waals surface area (Å²) in [4.78, 5) is 26.5.